The van der Waals surface area contributed by atoms with Crippen LogP contribution in [0.15, 0.2) is 59.3 Å². The maximum atomic E-state index is 14.2. The number of fused-ring (bicyclic) bond motifs is 1. The molecule has 150 valence electrons. The Morgan fingerprint density at radius 2 is 2.00 bits per heavy atom. The van der Waals surface area contributed by atoms with Crippen molar-refractivity contribution >= 4 is 10.9 Å². The van der Waals surface area contributed by atoms with Crippen LogP contribution in [0.1, 0.15) is 32.4 Å². The Bertz CT molecular complexity index is 1250. The first kappa shape index (κ1) is 19.7. The number of rotatable bonds is 5. The first-order chi connectivity index (χ1) is 14.3. The molecule has 3 aromatic heterocycles. The highest BCUT2D eigenvalue weighted by Gasteiger charge is 2.27. The van der Waals surface area contributed by atoms with Crippen LogP contribution in [0.4, 0.5) is 4.39 Å². The minimum Gasteiger partial charge on any atom is -0.441 e. The largest absolute Gasteiger partial charge is 0.441 e. The Labute approximate surface area is 174 Å². The van der Waals surface area contributed by atoms with E-state index < -0.39 is 5.67 Å². The van der Waals surface area contributed by atoms with E-state index in [-0.39, 0.29) is 5.92 Å². The van der Waals surface area contributed by atoms with Gasteiger partial charge in [-0.3, -0.25) is 4.98 Å². The number of oxazole rings is 1. The molecule has 0 aliphatic carbocycles. The molecule has 3 heterocycles. The van der Waals surface area contributed by atoms with E-state index in [1.54, 1.807) is 38.4 Å². The van der Waals surface area contributed by atoms with Crippen molar-refractivity contribution in [1.29, 1.82) is 5.26 Å². The summed E-state index contributed by atoms with van der Waals surface area (Å²) in [6, 6.07) is 15.3. The van der Waals surface area contributed by atoms with Crippen LogP contribution in [0, 0.1) is 17.2 Å². The standard InChI is InChI=1S/C24H21FN4O/c1-15(24(2,3)25)11-22-28-14-21(30-22)19-9-8-18(13-26)29-23(19)17-7-6-16-5-4-10-27-20(16)12-17/h4-10,12,14-15H,11H2,1-3H3. The highest BCUT2D eigenvalue weighted by molar-refractivity contribution is 5.87. The fourth-order valence-corrected chi connectivity index (χ4v) is 3.19. The lowest BCUT2D eigenvalue weighted by Crippen LogP contribution is -2.25. The molecule has 30 heavy (non-hydrogen) atoms. The van der Waals surface area contributed by atoms with Crippen LogP contribution < -0.4 is 0 Å². The molecule has 0 saturated heterocycles. The molecule has 0 bridgehead atoms. The molecule has 0 saturated carbocycles. The van der Waals surface area contributed by atoms with Gasteiger partial charge in [0.15, 0.2) is 11.7 Å². The van der Waals surface area contributed by atoms with Crippen molar-refractivity contribution in [2.45, 2.75) is 32.9 Å². The lowest BCUT2D eigenvalue weighted by molar-refractivity contribution is 0.130. The van der Waals surface area contributed by atoms with E-state index in [1.165, 1.54) is 0 Å². The molecule has 0 radical (unpaired) electrons. The summed E-state index contributed by atoms with van der Waals surface area (Å²) >= 11 is 0. The van der Waals surface area contributed by atoms with E-state index in [1.807, 2.05) is 37.3 Å². The molecule has 0 amide bonds. The van der Waals surface area contributed by atoms with Gasteiger partial charge in [-0.05, 0) is 44.0 Å². The third-order valence-electron chi connectivity index (χ3n) is 5.36. The molecule has 4 rings (SSSR count). The number of pyridine rings is 2. The zero-order valence-corrected chi connectivity index (χ0v) is 17.1. The predicted octanol–water partition coefficient (Wildman–Crippen LogP) is 5.75. The lowest BCUT2D eigenvalue weighted by atomic mass is 9.92. The van der Waals surface area contributed by atoms with Crippen molar-refractivity contribution in [1.82, 2.24) is 15.0 Å². The van der Waals surface area contributed by atoms with E-state index in [0.717, 1.165) is 22.0 Å². The summed E-state index contributed by atoms with van der Waals surface area (Å²) in [5.41, 5.74) is 1.97. The highest BCUT2D eigenvalue weighted by atomic mass is 19.1. The lowest BCUT2D eigenvalue weighted by Gasteiger charge is -2.21. The van der Waals surface area contributed by atoms with Gasteiger partial charge in [0.2, 0.25) is 0 Å². The average Bonchev–Trinajstić information content (AvgIpc) is 3.20. The van der Waals surface area contributed by atoms with E-state index in [9.17, 15) is 9.65 Å². The minimum absolute atomic E-state index is 0.242. The van der Waals surface area contributed by atoms with Crippen LogP contribution in [0.5, 0.6) is 0 Å². The minimum atomic E-state index is -1.33. The second-order valence-corrected chi connectivity index (χ2v) is 7.90. The van der Waals surface area contributed by atoms with Gasteiger partial charge in [-0.2, -0.15) is 5.26 Å². The maximum absolute atomic E-state index is 14.2. The summed E-state index contributed by atoms with van der Waals surface area (Å²) < 4.78 is 20.1. The molecule has 5 nitrogen and oxygen atoms in total. The first-order valence-electron chi connectivity index (χ1n) is 9.75. The highest BCUT2D eigenvalue weighted by Crippen LogP contribution is 2.33. The van der Waals surface area contributed by atoms with Gasteiger partial charge in [0.25, 0.3) is 0 Å². The molecule has 1 atom stereocenters. The predicted molar refractivity (Wildman–Crippen MR) is 113 cm³/mol. The van der Waals surface area contributed by atoms with Crippen LogP contribution in [-0.4, -0.2) is 20.6 Å². The molecule has 0 aliphatic rings. The van der Waals surface area contributed by atoms with E-state index in [0.29, 0.717) is 29.5 Å². The zero-order chi connectivity index (χ0) is 21.3. The van der Waals surface area contributed by atoms with Gasteiger partial charge >= 0.3 is 0 Å². The fraction of sp³-hybridized carbons (Fsp3) is 0.250. The second kappa shape index (κ2) is 7.68. The number of nitriles is 1. The Hall–Kier alpha value is -3.59. The summed E-state index contributed by atoms with van der Waals surface area (Å²) in [5, 5.41) is 10.3. The summed E-state index contributed by atoms with van der Waals surface area (Å²) in [7, 11) is 0. The molecule has 0 spiro atoms. The van der Waals surface area contributed by atoms with Crippen molar-refractivity contribution in [2.24, 2.45) is 5.92 Å². The van der Waals surface area contributed by atoms with Gasteiger partial charge in [0.1, 0.15) is 17.4 Å². The number of alkyl halides is 1. The van der Waals surface area contributed by atoms with Crippen molar-refractivity contribution in [2.75, 3.05) is 0 Å². The number of hydrogen-bond acceptors (Lipinski definition) is 5. The molecule has 1 aromatic carbocycles. The second-order valence-electron chi connectivity index (χ2n) is 7.90. The number of hydrogen-bond donors (Lipinski definition) is 0. The van der Waals surface area contributed by atoms with Crippen LogP contribution in [0.2, 0.25) is 0 Å². The van der Waals surface area contributed by atoms with E-state index in [2.05, 4.69) is 21.0 Å². The Morgan fingerprint density at radius 1 is 1.17 bits per heavy atom. The third-order valence-corrected chi connectivity index (χ3v) is 5.36. The average molecular weight is 400 g/mol. The fourth-order valence-electron chi connectivity index (χ4n) is 3.19. The van der Waals surface area contributed by atoms with Crippen LogP contribution in [0.3, 0.4) is 0 Å². The van der Waals surface area contributed by atoms with E-state index >= 15 is 0 Å². The monoisotopic (exact) mass is 400 g/mol. The van der Waals surface area contributed by atoms with Gasteiger partial charge in [0, 0.05) is 29.1 Å². The van der Waals surface area contributed by atoms with Crippen molar-refractivity contribution < 1.29 is 8.81 Å². The summed E-state index contributed by atoms with van der Waals surface area (Å²) in [4.78, 5) is 13.3. The number of benzene rings is 1. The SMILES string of the molecule is CC(Cc1ncc(-c2ccc(C#N)nc2-c2ccc3cccnc3c2)o1)C(C)(C)F. The third kappa shape index (κ3) is 3.92. The molecule has 4 aromatic rings. The normalized spacial score (nSPS) is 12.6. The van der Waals surface area contributed by atoms with Gasteiger partial charge < -0.3 is 4.42 Å². The van der Waals surface area contributed by atoms with E-state index in [4.69, 9.17) is 4.42 Å². The van der Waals surface area contributed by atoms with Crippen LogP contribution in [0.25, 0.3) is 33.5 Å². The molecule has 0 N–H and O–H groups in total. The Balaban J connectivity index is 1.77. The van der Waals surface area contributed by atoms with Crippen LogP contribution >= 0.6 is 0 Å². The summed E-state index contributed by atoms with van der Waals surface area (Å²) in [6.07, 6.45) is 3.75. The zero-order valence-electron chi connectivity index (χ0n) is 17.1. The topological polar surface area (TPSA) is 75.6 Å². The van der Waals surface area contributed by atoms with Gasteiger partial charge in [-0.25, -0.2) is 14.4 Å². The van der Waals surface area contributed by atoms with Gasteiger partial charge in [-0.1, -0.05) is 25.1 Å². The number of nitrogens with zero attached hydrogens (tertiary/aromatic N) is 4. The first-order valence-corrected chi connectivity index (χ1v) is 9.75. The van der Waals surface area contributed by atoms with Crippen molar-refractivity contribution in [3.8, 4) is 28.7 Å². The molecular formula is C24H21FN4O. The van der Waals surface area contributed by atoms with Gasteiger partial charge in [0.05, 0.1) is 17.4 Å². The maximum Gasteiger partial charge on any atom is 0.195 e. The smallest absolute Gasteiger partial charge is 0.195 e. The quantitative estimate of drug-likeness (QED) is 0.426. The molecule has 0 fully saturated rings. The summed E-state index contributed by atoms with van der Waals surface area (Å²) in [5.74, 6) is 0.759. The van der Waals surface area contributed by atoms with Crippen molar-refractivity contribution in [3.63, 3.8) is 0 Å². The number of halogens is 1. The van der Waals surface area contributed by atoms with Crippen molar-refractivity contribution in [3.05, 3.63) is 66.4 Å². The Morgan fingerprint density at radius 3 is 2.77 bits per heavy atom. The Kier molecular flexibility index (Phi) is 5.04. The summed E-state index contributed by atoms with van der Waals surface area (Å²) in [6.45, 7) is 4.94. The molecule has 0 aliphatic heterocycles. The molecule has 6 heteroatoms. The molecular weight excluding hydrogens is 379 g/mol. The van der Waals surface area contributed by atoms with Gasteiger partial charge in [-0.15, -0.1) is 0 Å². The molecule has 1 unspecified atom stereocenters. The van der Waals surface area contributed by atoms with Crippen LogP contribution in [-0.2, 0) is 6.42 Å². The number of aromatic nitrogens is 3.